The van der Waals surface area contributed by atoms with Crippen molar-refractivity contribution in [2.24, 2.45) is 0 Å². The van der Waals surface area contributed by atoms with Crippen LogP contribution in [0.25, 0.3) is 0 Å². The highest BCUT2D eigenvalue weighted by Crippen LogP contribution is 2.22. The molecule has 1 fully saturated rings. The Morgan fingerprint density at radius 2 is 1.54 bits per heavy atom. The molecule has 0 aromatic carbocycles. The summed E-state index contributed by atoms with van der Waals surface area (Å²) in [6, 6.07) is 0. The lowest BCUT2D eigenvalue weighted by molar-refractivity contribution is -0.301. The van der Waals surface area contributed by atoms with Gasteiger partial charge in [0.1, 0.15) is 31.0 Å². The Bertz CT molecular complexity index is 377. The van der Waals surface area contributed by atoms with Crippen LogP contribution in [0.2, 0.25) is 0 Å². The van der Waals surface area contributed by atoms with Crippen molar-refractivity contribution in [3.63, 3.8) is 0 Å². The van der Waals surface area contributed by atoms with Crippen LogP contribution in [0.15, 0.2) is 0 Å². The molecule has 7 nitrogen and oxygen atoms in total. The molecule has 154 valence electrons. The predicted octanol–water partition coefficient (Wildman–Crippen LogP) is 1.90. The fourth-order valence-corrected chi connectivity index (χ4v) is 2.90. The lowest BCUT2D eigenvalue weighted by atomic mass is 9.99. The molecule has 1 unspecified atom stereocenters. The van der Waals surface area contributed by atoms with Crippen molar-refractivity contribution < 1.29 is 34.3 Å². The van der Waals surface area contributed by atoms with E-state index in [4.69, 9.17) is 14.2 Å². The number of hydrogen-bond donors (Lipinski definition) is 3. The van der Waals surface area contributed by atoms with Gasteiger partial charge in [-0.2, -0.15) is 0 Å². The molecule has 26 heavy (non-hydrogen) atoms. The maximum Gasteiger partial charge on any atom is 0.305 e. The van der Waals surface area contributed by atoms with Crippen LogP contribution in [0, 0.1) is 0 Å². The van der Waals surface area contributed by atoms with E-state index in [2.05, 4.69) is 6.92 Å². The predicted molar refractivity (Wildman–Crippen MR) is 96.5 cm³/mol. The summed E-state index contributed by atoms with van der Waals surface area (Å²) in [4.78, 5) is 11.8. The van der Waals surface area contributed by atoms with Crippen LogP contribution in [-0.2, 0) is 19.0 Å². The summed E-state index contributed by atoms with van der Waals surface area (Å²) in [5.41, 5.74) is 0. The van der Waals surface area contributed by atoms with Crippen molar-refractivity contribution in [3.8, 4) is 0 Å². The maximum absolute atomic E-state index is 11.8. The summed E-state index contributed by atoms with van der Waals surface area (Å²) in [5, 5.41) is 29.8. The molecular weight excluding hydrogens is 340 g/mol. The zero-order valence-electron chi connectivity index (χ0n) is 16.1. The van der Waals surface area contributed by atoms with E-state index in [9.17, 15) is 20.1 Å². The van der Waals surface area contributed by atoms with E-state index in [1.165, 1.54) is 25.7 Å². The van der Waals surface area contributed by atoms with Crippen LogP contribution in [0.3, 0.4) is 0 Å². The third kappa shape index (κ3) is 8.31. The van der Waals surface area contributed by atoms with Crippen LogP contribution in [-0.4, -0.2) is 65.2 Å². The van der Waals surface area contributed by atoms with Gasteiger partial charge in [-0.1, -0.05) is 52.4 Å². The topological polar surface area (TPSA) is 105 Å². The van der Waals surface area contributed by atoms with Gasteiger partial charge in [-0.15, -0.1) is 0 Å². The molecular formula is C19H36O7. The van der Waals surface area contributed by atoms with Crippen molar-refractivity contribution in [1.29, 1.82) is 0 Å². The number of carbonyl (C=O) groups is 1. The smallest absolute Gasteiger partial charge is 0.305 e. The summed E-state index contributed by atoms with van der Waals surface area (Å²) >= 11 is 0. The van der Waals surface area contributed by atoms with Crippen LogP contribution >= 0.6 is 0 Å². The zero-order valence-corrected chi connectivity index (χ0v) is 16.1. The second-order valence-corrected chi connectivity index (χ2v) is 6.94. The van der Waals surface area contributed by atoms with Crippen LogP contribution in [0.4, 0.5) is 0 Å². The molecule has 0 aliphatic carbocycles. The number of esters is 1. The molecule has 1 aliphatic heterocycles. The highest BCUT2D eigenvalue weighted by atomic mass is 16.7. The van der Waals surface area contributed by atoms with Crippen LogP contribution < -0.4 is 0 Å². The Hall–Kier alpha value is -0.730. The van der Waals surface area contributed by atoms with Gasteiger partial charge < -0.3 is 29.5 Å². The first kappa shape index (κ1) is 23.3. The van der Waals surface area contributed by atoms with Crippen molar-refractivity contribution >= 4 is 5.97 Å². The first-order valence-electron chi connectivity index (χ1n) is 9.98. The van der Waals surface area contributed by atoms with Gasteiger partial charge in [0.15, 0.2) is 6.29 Å². The van der Waals surface area contributed by atoms with Gasteiger partial charge in [-0.3, -0.25) is 4.79 Å². The highest BCUT2D eigenvalue weighted by Gasteiger charge is 2.44. The second-order valence-electron chi connectivity index (χ2n) is 6.94. The Morgan fingerprint density at radius 3 is 2.19 bits per heavy atom. The van der Waals surface area contributed by atoms with E-state index in [0.29, 0.717) is 13.0 Å². The molecule has 0 bridgehead atoms. The van der Waals surface area contributed by atoms with E-state index >= 15 is 0 Å². The molecule has 7 heteroatoms. The van der Waals surface area contributed by atoms with E-state index in [1.807, 2.05) is 6.92 Å². The third-order valence-corrected chi connectivity index (χ3v) is 4.55. The molecule has 1 rings (SSSR count). The van der Waals surface area contributed by atoms with Gasteiger partial charge in [0, 0.05) is 13.0 Å². The molecule has 0 saturated carbocycles. The number of aliphatic hydroxyl groups is 3. The summed E-state index contributed by atoms with van der Waals surface area (Å²) in [7, 11) is 0. The van der Waals surface area contributed by atoms with E-state index < -0.39 is 30.7 Å². The Morgan fingerprint density at radius 1 is 0.885 bits per heavy atom. The monoisotopic (exact) mass is 376 g/mol. The van der Waals surface area contributed by atoms with Gasteiger partial charge in [0.05, 0.1) is 0 Å². The lowest BCUT2D eigenvalue weighted by Crippen LogP contribution is -2.59. The van der Waals surface area contributed by atoms with Crippen molar-refractivity contribution in [2.75, 3.05) is 13.2 Å². The summed E-state index contributed by atoms with van der Waals surface area (Å²) in [5.74, 6) is -0.346. The number of unbranched alkanes of at least 4 members (excludes halogenated alkanes) is 6. The van der Waals surface area contributed by atoms with E-state index in [-0.39, 0.29) is 12.6 Å². The van der Waals surface area contributed by atoms with Crippen molar-refractivity contribution in [1.82, 2.24) is 0 Å². The molecule has 0 aromatic rings. The van der Waals surface area contributed by atoms with Crippen LogP contribution in [0.5, 0.6) is 0 Å². The number of hydrogen-bond acceptors (Lipinski definition) is 7. The average molecular weight is 376 g/mol. The first-order chi connectivity index (χ1) is 12.5. The Kier molecular flexibility index (Phi) is 12.0. The maximum atomic E-state index is 11.8. The van der Waals surface area contributed by atoms with E-state index in [1.54, 1.807) is 0 Å². The summed E-state index contributed by atoms with van der Waals surface area (Å²) < 4.78 is 16.0. The average Bonchev–Trinajstić information content (AvgIpc) is 2.64. The van der Waals surface area contributed by atoms with Crippen molar-refractivity contribution in [3.05, 3.63) is 0 Å². The molecule has 1 heterocycles. The Labute approximate surface area is 156 Å². The third-order valence-electron chi connectivity index (χ3n) is 4.55. The molecule has 1 saturated heterocycles. The standard InChI is InChI=1S/C19H36O7/c1-3-5-6-7-8-9-10-11-15(20)25-13-14-16(21)17(22)18(23)19(26-14)24-12-4-2/h14,16-19,21-23H,3-13H2,1-2H3/t14-,16-,17+,18-,19?/m1/s1. The van der Waals surface area contributed by atoms with Gasteiger partial charge in [-0.05, 0) is 12.8 Å². The normalized spacial score (nSPS) is 28.9. The summed E-state index contributed by atoms with van der Waals surface area (Å²) in [6.07, 6.45) is 2.84. The zero-order chi connectivity index (χ0) is 19.4. The first-order valence-corrected chi connectivity index (χ1v) is 9.98. The fraction of sp³-hybridized carbons (Fsp3) is 0.947. The summed E-state index contributed by atoms with van der Waals surface area (Å²) in [6.45, 7) is 4.27. The second kappa shape index (κ2) is 13.4. The van der Waals surface area contributed by atoms with Gasteiger partial charge >= 0.3 is 5.97 Å². The van der Waals surface area contributed by atoms with Gasteiger partial charge in [0.2, 0.25) is 0 Å². The molecule has 0 amide bonds. The molecule has 0 radical (unpaired) electrons. The fourth-order valence-electron chi connectivity index (χ4n) is 2.90. The molecule has 0 aromatic heterocycles. The van der Waals surface area contributed by atoms with Gasteiger partial charge in [0.25, 0.3) is 0 Å². The van der Waals surface area contributed by atoms with E-state index in [0.717, 1.165) is 25.7 Å². The number of aliphatic hydroxyl groups excluding tert-OH is 3. The lowest BCUT2D eigenvalue weighted by Gasteiger charge is -2.39. The number of carbonyl (C=O) groups excluding carboxylic acids is 1. The SMILES string of the molecule is CCCCCCCCCC(=O)OC[C@H]1OC(OCCC)[C@H](O)[C@@H](O)[C@@H]1O. The minimum Gasteiger partial charge on any atom is -0.463 e. The minimum absolute atomic E-state index is 0.174. The van der Waals surface area contributed by atoms with Crippen LogP contribution in [0.1, 0.15) is 71.6 Å². The quantitative estimate of drug-likeness (QED) is 0.333. The Balaban J connectivity index is 2.25. The number of rotatable bonds is 13. The molecule has 5 atom stereocenters. The minimum atomic E-state index is -1.41. The van der Waals surface area contributed by atoms with Crippen molar-refractivity contribution in [2.45, 2.75) is 102 Å². The number of ether oxygens (including phenoxy) is 3. The molecule has 3 N–H and O–H groups in total. The highest BCUT2D eigenvalue weighted by molar-refractivity contribution is 5.69. The molecule has 0 spiro atoms. The largest absolute Gasteiger partial charge is 0.463 e. The molecule has 1 aliphatic rings. The van der Waals surface area contributed by atoms with Gasteiger partial charge in [-0.25, -0.2) is 0 Å².